The van der Waals surface area contributed by atoms with Gasteiger partial charge in [0.25, 0.3) is 0 Å². The molecule has 0 amide bonds. The number of hydrogen-bond acceptors (Lipinski definition) is 5. The third-order valence-electron chi connectivity index (χ3n) is 9.09. The Kier molecular flexibility index (Phi) is 5.61. The predicted octanol–water partition coefficient (Wildman–Crippen LogP) is 3.71. The van der Waals surface area contributed by atoms with E-state index in [9.17, 15) is 9.90 Å². The number of allylic oxidation sites excluding steroid dienone is 1. The van der Waals surface area contributed by atoms with Crippen LogP contribution in [-0.2, 0) is 9.53 Å². The van der Waals surface area contributed by atoms with Gasteiger partial charge in [-0.05, 0) is 44.2 Å². The summed E-state index contributed by atoms with van der Waals surface area (Å²) >= 11 is 0. The maximum atomic E-state index is 12.9. The second-order valence-electron chi connectivity index (χ2n) is 10.9. The van der Waals surface area contributed by atoms with Crippen LogP contribution in [0.2, 0.25) is 0 Å². The van der Waals surface area contributed by atoms with Gasteiger partial charge in [-0.3, -0.25) is 9.69 Å². The summed E-state index contributed by atoms with van der Waals surface area (Å²) in [5, 5.41) is 11.6. The first-order valence-electron chi connectivity index (χ1n) is 12.4. The van der Waals surface area contributed by atoms with Gasteiger partial charge in [0.15, 0.2) is 0 Å². The third kappa shape index (κ3) is 3.49. The molecule has 6 atom stereocenters. The van der Waals surface area contributed by atoms with E-state index in [2.05, 4.69) is 61.8 Å². The number of aliphatic hydroxyl groups excluding tert-OH is 1. The molecule has 5 nitrogen and oxygen atoms in total. The lowest BCUT2D eigenvalue weighted by molar-refractivity contribution is -0.145. The predicted molar refractivity (Wildman–Crippen MR) is 127 cm³/mol. The van der Waals surface area contributed by atoms with Crippen molar-refractivity contribution in [3.8, 4) is 0 Å². The van der Waals surface area contributed by atoms with E-state index in [1.807, 2.05) is 0 Å². The Hall–Kier alpha value is -1.85. The minimum atomic E-state index is -0.518. The molecule has 32 heavy (non-hydrogen) atoms. The molecule has 2 aliphatic heterocycles. The van der Waals surface area contributed by atoms with E-state index >= 15 is 0 Å². The van der Waals surface area contributed by atoms with E-state index < -0.39 is 6.10 Å². The lowest BCUT2D eigenvalue weighted by atomic mass is 9.55. The van der Waals surface area contributed by atoms with Crippen LogP contribution in [0.1, 0.15) is 44.2 Å². The average Bonchev–Trinajstić information content (AvgIpc) is 3.06. The molecule has 0 radical (unpaired) electrons. The van der Waals surface area contributed by atoms with E-state index in [1.54, 1.807) is 0 Å². The van der Waals surface area contributed by atoms with E-state index in [4.69, 9.17) is 4.74 Å². The lowest BCUT2D eigenvalue weighted by Gasteiger charge is -2.52. The monoisotopic (exact) mass is 438 g/mol. The van der Waals surface area contributed by atoms with Gasteiger partial charge >= 0.3 is 5.97 Å². The molecule has 3 fully saturated rings. The highest BCUT2D eigenvalue weighted by Crippen LogP contribution is 2.56. The number of hydrogen-bond donors (Lipinski definition) is 1. The van der Waals surface area contributed by atoms with Crippen LogP contribution < -0.4 is 4.90 Å². The topological polar surface area (TPSA) is 53.0 Å². The fraction of sp³-hybridized carbons (Fsp3) is 0.667. The number of nitrogens with zero attached hydrogens (tertiary/aromatic N) is 2. The first kappa shape index (κ1) is 22.0. The van der Waals surface area contributed by atoms with Gasteiger partial charge in [0.05, 0.1) is 12.0 Å². The minimum Gasteiger partial charge on any atom is -0.461 e. The first-order valence-corrected chi connectivity index (χ1v) is 12.4. The molecule has 2 saturated heterocycles. The molecule has 1 aromatic rings. The number of ether oxygens (including phenoxy) is 1. The molecule has 2 heterocycles. The van der Waals surface area contributed by atoms with Crippen molar-refractivity contribution in [2.45, 2.75) is 59.2 Å². The summed E-state index contributed by atoms with van der Waals surface area (Å²) in [6.45, 7) is 13.3. The second kappa shape index (κ2) is 8.18. The Morgan fingerprint density at radius 2 is 1.94 bits per heavy atom. The van der Waals surface area contributed by atoms with Crippen molar-refractivity contribution < 1.29 is 14.6 Å². The molecule has 2 aliphatic carbocycles. The molecule has 5 rings (SSSR count). The van der Waals surface area contributed by atoms with Gasteiger partial charge in [-0.15, -0.1) is 0 Å². The minimum absolute atomic E-state index is 0.0948. The fourth-order valence-corrected chi connectivity index (χ4v) is 6.88. The van der Waals surface area contributed by atoms with Crippen LogP contribution in [0.15, 0.2) is 29.8 Å². The number of benzene rings is 1. The van der Waals surface area contributed by atoms with Gasteiger partial charge < -0.3 is 14.7 Å². The van der Waals surface area contributed by atoms with Crippen molar-refractivity contribution in [3.05, 3.63) is 41.0 Å². The zero-order valence-electron chi connectivity index (χ0n) is 20.0. The van der Waals surface area contributed by atoms with Gasteiger partial charge in [-0.2, -0.15) is 0 Å². The molecule has 1 N–H and O–H groups in total. The molecular formula is C27H38N2O3. The summed E-state index contributed by atoms with van der Waals surface area (Å²) in [6, 6.07) is 6.66. The number of piperazine rings is 1. The number of carbonyl (C=O) groups excluding carboxylic acids is 1. The Morgan fingerprint density at radius 3 is 2.66 bits per heavy atom. The summed E-state index contributed by atoms with van der Waals surface area (Å²) in [5.41, 5.74) is 5.01. The van der Waals surface area contributed by atoms with Gasteiger partial charge in [0, 0.05) is 56.2 Å². The van der Waals surface area contributed by atoms with E-state index in [-0.39, 0.29) is 29.3 Å². The number of esters is 1. The Bertz CT molecular complexity index is 919. The molecule has 174 valence electrons. The highest BCUT2D eigenvalue weighted by atomic mass is 16.6. The zero-order chi connectivity index (χ0) is 22.6. The maximum Gasteiger partial charge on any atom is 0.311 e. The highest BCUT2D eigenvalue weighted by molar-refractivity contribution is 5.76. The normalized spacial score (nSPS) is 37.5. The number of aryl methyl sites for hydroxylation is 2. The van der Waals surface area contributed by atoms with Crippen molar-refractivity contribution in [3.63, 3.8) is 0 Å². The molecule has 0 aromatic heterocycles. The van der Waals surface area contributed by atoms with Crippen LogP contribution in [0.4, 0.5) is 5.69 Å². The molecule has 0 unspecified atom stereocenters. The van der Waals surface area contributed by atoms with Crippen molar-refractivity contribution in [2.75, 3.05) is 37.6 Å². The maximum absolute atomic E-state index is 12.9. The van der Waals surface area contributed by atoms with Crippen LogP contribution in [0.3, 0.4) is 0 Å². The molecule has 0 spiro atoms. The van der Waals surface area contributed by atoms with E-state index in [1.165, 1.54) is 22.4 Å². The van der Waals surface area contributed by atoms with Gasteiger partial charge in [-0.1, -0.05) is 43.2 Å². The molecule has 4 aliphatic rings. The quantitative estimate of drug-likeness (QED) is 0.576. The van der Waals surface area contributed by atoms with Crippen molar-refractivity contribution >= 4 is 11.7 Å². The highest BCUT2D eigenvalue weighted by Gasteiger charge is 2.59. The summed E-state index contributed by atoms with van der Waals surface area (Å²) in [6.07, 6.45) is 4.59. The van der Waals surface area contributed by atoms with Crippen LogP contribution in [0.25, 0.3) is 0 Å². The van der Waals surface area contributed by atoms with E-state index in [0.29, 0.717) is 12.5 Å². The van der Waals surface area contributed by atoms with Crippen molar-refractivity contribution in [1.82, 2.24) is 4.90 Å². The summed E-state index contributed by atoms with van der Waals surface area (Å²) in [4.78, 5) is 17.8. The van der Waals surface area contributed by atoms with Crippen LogP contribution >= 0.6 is 0 Å². The molecule has 1 saturated carbocycles. The fourth-order valence-electron chi connectivity index (χ4n) is 6.88. The number of rotatable bonds is 3. The number of carbonyl (C=O) groups is 1. The van der Waals surface area contributed by atoms with E-state index in [0.717, 1.165) is 45.4 Å². The number of fused-ring (bicyclic) bond motifs is 2. The van der Waals surface area contributed by atoms with Crippen molar-refractivity contribution in [2.24, 2.45) is 23.2 Å². The summed E-state index contributed by atoms with van der Waals surface area (Å²) in [7, 11) is 0. The third-order valence-corrected chi connectivity index (χ3v) is 9.09. The van der Waals surface area contributed by atoms with Crippen molar-refractivity contribution in [1.29, 1.82) is 0 Å². The van der Waals surface area contributed by atoms with Gasteiger partial charge in [-0.25, -0.2) is 0 Å². The SMILES string of the molecule is Cc1ccc(N2CCN(C[C@@H]3C(=O)O[C@@H]4CC5=CCC[C@H](C)[C@@]5(C)[C@@H](O)[C@H]34)CC2)c(C)c1. The lowest BCUT2D eigenvalue weighted by Crippen LogP contribution is -2.55. The largest absolute Gasteiger partial charge is 0.461 e. The second-order valence-corrected chi connectivity index (χ2v) is 10.9. The number of anilines is 1. The molecule has 5 heteroatoms. The van der Waals surface area contributed by atoms with Crippen LogP contribution in [0.5, 0.6) is 0 Å². The summed E-state index contributed by atoms with van der Waals surface area (Å²) in [5.74, 6) is 0.000175. The smallest absolute Gasteiger partial charge is 0.311 e. The molecule has 1 aromatic carbocycles. The Labute approximate surface area is 192 Å². The number of aliphatic hydroxyl groups is 1. The van der Waals surface area contributed by atoms with Gasteiger partial charge in [0.2, 0.25) is 0 Å². The molecule has 0 bridgehead atoms. The van der Waals surface area contributed by atoms with Crippen LogP contribution in [-0.4, -0.2) is 60.9 Å². The Morgan fingerprint density at radius 1 is 1.19 bits per heavy atom. The van der Waals surface area contributed by atoms with Gasteiger partial charge in [0.1, 0.15) is 6.10 Å². The zero-order valence-corrected chi connectivity index (χ0v) is 20.0. The first-order chi connectivity index (χ1) is 15.3. The molecular weight excluding hydrogens is 400 g/mol. The van der Waals surface area contributed by atoms with Crippen LogP contribution in [0, 0.1) is 37.0 Å². The Balaban J connectivity index is 1.27. The standard InChI is InChI=1S/C27H38N2O3/c1-17-8-9-22(18(2)14-17)29-12-10-28(11-13-29)16-21-24-23(32-26(21)31)15-20-7-5-6-19(3)27(20,4)25(24)30/h7-9,14,19,21,23-25,30H,5-6,10-13,15-16H2,1-4H3/t19-,21-,23+,24+,25-,27+/m0/s1. The summed E-state index contributed by atoms with van der Waals surface area (Å²) < 4.78 is 5.86. The average molecular weight is 439 g/mol.